The SMILES string of the molecule is COC(=O)c1cc(CNC(=O)[C@H]2Cc3ccccc3O2)cc(NC(=O)c2cccc(C(F)(F)F)c2)c1. The fourth-order valence-electron chi connectivity index (χ4n) is 3.77. The van der Waals surface area contributed by atoms with Crippen LogP contribution in [0.25, 0.3) is 0 Å². The number of para-hydroxylation sites is 1. The molecule has 1 aliphatic heterocycles. The molecule has 4 rings (SSSR count). The summed E-state index contributed by atoms with van der Waals surface area (Å²) in [7, 11) is 1.19. The van der Waals surface area contributed by atoms with Gasteiger partial charge in [0.2, 0.25) is 0 Å². The van der Waals surface area contributed by atoms with E-state index < -0.39 is 29.7 Å². The summed E-state index contributed by atoms with van der Waals surface area (Å²) in [5, 5.41) is 5.24. The Labute approximate surface area is 204 Å². The van der Waals surface area contributed by atoms with E-state index in [-0.39, 0.29) is 29.3 Å². The summed E-state index contributed by atoms with van der Waals surface area (Å²) >= 11 is 0. The maximum Gasteiger partial charge on any atom is 0.416 e. The van der Waals surface area contributed by atoms with Crippen molar-refractivity contribution in [2.75, 3.05) is 12.4 Å². The van der Waals surface area contributed by atoms with Crippen LogP contribution in [0.2, 0.25) is 0 Å². The maximum absolute atomic E-state index is 13.0. The second-order valence-corrected chi connectivity index (χ2v) is 8.08. The van der Waals surface area contributed by atoms with Crippen molar-refractivity contribution in [2.45, 2.75) is 25.2 Å². The van der Waals surface area contributed by atoms with Crippen LogP contribution in [0.3, 0.4) is 0 Å². The highest BCUT2D eigenvalue weighted by Crippen LogP contribution is 2.30. The molecular weight excluding hydrogens is 477 g/mol. The van der Waals surface area contributed by atoms with Crippen molar-refractivity contribution in [2.24, 2.45) is 0 Å². The largest absolute Gasteiger partial charge is 0.480 e. The molecule has 1 atom stereocenters. The van der Waals surface area contributed by atoms with Crippen LogP contribution in [0.5, 0.6) is 5.75 Å². The van der Waals surface area contributed by atoms with Gasteiger partial charge in [0, 0.05) is 24.2 Å². The van der Waals surface area contributed by atoms with Gasteiger partial charge in [0.1, 0.15) is 5.75 Å². The Balaban J connectivity index is 1.49. The minimum Gasteiger partial charge on any atom is -0.480 e. The molecular formula is C26H21F3N2O5. The molecule has 0 bridgehead atoms. The van der Waals surface area contributed by atoms with Gasteiger partial charge in [-0.3, -0.25) is 9.59 Å². The lowest BCUT2D eigenvalue weighted by molar-refractivity contribution is -0.137. The van der Waals surface area contributed by atoms with E-state index in [0.29, 0.717) is 17.7 Å². The van der Waals surface area contributed by atoms with Crippen LogP contribution in [-0.4, -0.2) is 31.0 Å². The lowest BCUT2D eigenvalue weighted by Crippen LogP contribution is -2.37. The van der Waals surface area contributed by atoms with Gasteiger partial charge in [-0.2, -0.15) is 13.2 Å². The number of amides is 2. The summed E-state index contributed by atoms with van der Waals surface area (Å²) in [5.41, 5.74) is 0.451. The summed E-state index contributed by atoms with van der Waals surface area (Å²) in [4.78, 5) is 37.4. The summed E-state index contributed by atoms with van der Waals surface area (Å²) in [6, 6.07) is 15.6. The Morgan fingerprint density at radius 3 is 2.50 bits per heavy atom. The van der Waals surface area contributed by atoms with E-state index >= 15 is 0 Å². The van der Waals surface area contributed by atoms with Crippen LogP contribution < -0.4 is 15.4 Å². The normalized spacial score (nSPS) is 14.4. The van der Waals surface area contributed by atoms with Gasteiger partial charge in [0.15, 0.2) is 6.10 Å². The van der Waals surface area contributed by atoms with E-state index in [0.717, 1.165) is 23.8 Å². The zero-order chi connectivity index (χ0) is 25.9. The number of nitrogens with one attached hydrogen (secondary N) is 2. The average molecular weight is 498 g/mol. The third kappa shape index (κ3) is 5.65. The standard InChI is InChI=1S/C26H21F3N2O5/c1-35-25(34)18-9-15(14-30-24(33)22-13-16-5-2-3-8-21(16)36-22)10-20(12-18)31-23(32)17-6-4-7-19(11-17)26(27,28)29/h2-12,22H,13-14H2,1H3,(H,30,33)(H,31,32)/t22-/m1/s1. The number of benzene rings is 3. The van der Waals surface area contributed by atoms with Crippen molar-refractivity contribution in [1.82, 2.24) is 5.32 Å². The molecule has 3 aromatic carbocycles. The van der Waals surface area contributed by atoms with Crippen molar-refractivity contribution >= 4 is 23.5 Å². The zero-order valence-electron chi connectivity index (χ0n) is 19.0. The van der Waals surface area contributed by atoms with E-state index in [2.05, 4.69) is 10.6 Å². The summed E-state index contributed by atoms with van der Waals surface area (Å²) in [6.07, 6.45) is -4.88. The van der Waals surface area contributed by atoms with Crippen molar-refractivity contribution in [1.29, 1.82) is 0 Å². The molecule has 0 radical (unpaired) electrons. The first-order valence-corrected chi connectivity index (χ1v) is 10.9. The summed E-state index contributed by atoms with van der Waals surface area (Å²) in [6.45, 7) is 0.00625. The van der Waals surface area contributed by atoms with Crippen molar-refractivity contribution < 1.29 is 37.0 Å². The van der Waals surface area contributed by atoms with Crippen LogP contribution in [-0.2, 0) is 28.7 Å². The van der Waals surface area contributed by atoms with Crippen LogP contribution in [0.15, 0.2) is 66.7 Å². The summed E-state index contributed by atoms with van der Waals surface area (Å²) < 4.78 is 49.4. The van der Waals surface area contributed by atoms with Gasteiger partial charge in [-0.05, 0) is 53.6 Å². The fraction of sp³-hybridized carbons (Fsp3) is 0.192. The van der Waals surface area contributed by atoms with Crippen molar-refractivity contribution in [3.63, 3.8) is 0 Å². The van der Waals surface area contributed by atoms with Crippen molar-refractivity contribution in [3.05, 3.63) is 94.5 Å². The lowest BCUT2D eigenvalue weighted by Gasteiger charge is -2.14. The van der Waals surface area contributed by atoms with Gasteiger partial charge in [-0.15, -0.1) is 0 Å². The molecule has 1 heterocycles. The summed E-state index contributed by atoms with van der Waals surface area (Å²) in [5.74, 6) is -1.20. The highest BCUT2D eigenvalue weighted by molar-refractivity contribution is 6.05. The number of hydrogen-bond donors (Lipinski definition) is 2. The Bertz CT molecular complexity index is 1300. The molecule has 2 N–H and O–H groups in total. The second-order valence-electron chi connectivity index (χ2n) is 8.08. The van der Waals surface area contributed by atoms with Gasteiger partial charge in [0.05, 0.1) is 18.2 Å². The molecule has 0 aliphatic carbocycles. The molecule has 0 unspecified atom stereocenters. The number of carbonyl (C=O) groups is 3. The van der Waals surface area contributed by atoms with Crippen LogP contribution in [0, 0.1) is 0 Å². The number of methoxy groups -OCH3 is 1. The molecule has 2 amide bonds. The molecule has 36 heavy (non-hydrogen) atoms. The minimum atomic E-state index is -4.60. The van der Waals surface area contributed by atoms with Gasteiger partial charge < -0.3 is 20.1 Å². The predicted octanol–water partition coefficient (Wildman–Crippen LogP) is 4.36. The topological polar surface area (TPSA) is 93.7 Å². The molecule has 3 aromatic rings. The lowest BCUT2D eigenvalue weighted by atomic mass is 10.1. The number of alkyl halides is 3. The first-order chi connectivity index (χ1) is 17.1. The van der Waals surface area contributed by atoms with Crippen LogP contribution in [0.4, 0.5) is 18.9 Å². The van der Waals surface area contributed by atoms with E-state index in [1.165, 1.54) is 31.4 Å². The number of esters is 1. The number of ether oxygens (including phenoxy) is 2. The number of hydrogen-bond acceptors (Lipinski definition) is 5. The Kier molecular flexibility index (Phi) is 6.96. The molecule has 1 aliphatic rings. The molecule has 10 heteroatoms. The first-order valence-electron chi connectivity index (χ1n) is 10.9. The van der Waals surface area contributed by atoms with Crippen LogP contribution in [0.1, 0.15) is 37.4 Å². The third-order valence-corrected chi connectivity index (χ3v) is 5.53. The molecule has 0 aromatic heterocycles. The highest BCUT2D eigenvalue weighted by atomic mass is 19.4. The van der Waals surface area contributed by atoms with Crippen molar-refractivity contribution in [3.8, 4) is 5.75 Å². The Morgan fingerprint density at radius 1 is 1.00 bits per heavy atom. The minimum absolute atomic E-state index is 0.00625. The van der Waals surface area contributed by atoms with Crippen LogP contribution >= 0.6 is 0 Å². The number of carbonyl (C=O) groups excluding carboxylic acids is 3. The monoisotopic (exact) mass is 498 g/mol. The number of rotatable bonds is 6. The molecule has 0 saturated carbocycles. The first kappa shape index (κ1) is 24.8. The molecule has 0 fully saturated rings. The molecule has 186 valence electrons. The van der Waals surface area contributed by atoms with E-state index in [4.69, 9.17) is 9.47 Å². The van der Waals surface area contributed by atoms with Gasteiger partial charge >= 0.3 is 12.1 Å². The molecule has 0 spiro atoms. The van der Waals surface area contributed by atoms with Gasteiger partial charge in [0.25, 0.3) is 11.8 Å². The quantitative estimate of drug-likeness (QED) is 0.493. The zero-order valence-corrected chi connectivity index (χ0v) is 19.0. The third-order valence-electron chi connectivity index (χ3n) is 5.53. The predicted molar refractivity (Wildman–Crippen MR) is 124 cm³/mol. The van der Waals surface area contributed by atoms with E-state index in [1.807, 2.05) is 18.2 Å². The number of halogens is 3. The van der Waals surface area contributed by atoms with E-state index in [9.17, 15) is 27.6 Å². The highest BCUT2D eigenvalue weighted by Gasteiger charge is 2.31. The molecule has 7 nitrogen and oxygen atoms in total. The van der Waals surface area contributed by atoms with E-state index in [1.54, 1.807) is 6.07 Å². The number of fused-ring (bicyclic) bond motifs is 1. The second kappa shape index (κ2) is 10.1. The average Bonchev–Trinajstić information content (AvgIpc) is 3.31. The Hall–Kier alpha value is -4.34. The molecule has 0 saturated heterocycles. The van der Waals surface area contributed by atoms with Gasteiger partial charge in [-0.25, -0.2) is 4.79 Å². The number of anilines is 1. The fourth-order valence-corrected chi connectivity index (χ4v) is 3.77. The van der Waals surface area contributed by atoms with Gasteiger partial charge in [-0.1, -0.05) is 24.3 Å². The smallest absolute Gasteiger partial charge is 0.416 e. The maximum atomic E-state index is 13.0. The Morgan fingerprint density at radius 2 is 1.78 bits per heavy atom.